The van der Waals surface area contributed by atoms with E-state index in [-0.39, 0.29) is 5.78 Å². The van der Waals surface area contributed by atoms with Crippen LogP contribution in [0.25, 0.3) is 0 Å². The first-order valence-corrected chi connectivity index (χ1v) is 4.59. The average Bonchev–Trinajstić information content (AvgIpc) is 2.15. The number of nitrogens with zero attached hydrogens (tertiary/aromatic N) is 2. The molecule has 1 aliphatic heterocycles. The molecule has 0 bridgehead atoms. The van der Waals surface area contributed by atoms with Crippen LogP contribution in [0.4, 0.5) is 0 Å². The summed E-state index contributed by atoms with van der Waals surface area (Å²) >= 11 is 0. The van der Waals surface area contributed by atoms with Gasteiger partial charge in [0.05, 0.1) is 6.54 Å². The number of Topliss-reactive ketones (excluding diaryl/α,β-unsaturated/α-hetero) is 1. The van der Waals surface area contributed by atoms with Crippen LogP contribution in [0, 0.1) is 0 Å². The van der Waals surface area contributed by atoms with E-state index in [1.165, 1.54) is 6.42 Å². The largest absolute Gasteiger partial charge is 0.305 e. The molecule has 0 aromatic heterocycles. The molecule has 1 saturated heterocycles. The molecule has 0 unspecified atom stereocenters. The van der Waals surface area contributed by atoms with Crippen LogP contribution in [-0.4, -0.2) is 55.4 Å². The quantitative estimate of drug-likeness (QED) is 0.592. The molecule has 0 aliphatic carbocycles. The van der Waals surface area contributed by atoms with Crippen molar-refractivity contribution in [3.63, 3.8) is 0 Å². The molecular formula is C9H18N2O. The molecule has 0 saturated carbocycles. The molecule has 1 heterocycles. The Morgan fingerprint density at radius 3 is 2.67 bits per heavy atom. The van der Waals surface area contributed by atoms with Crippen LogP contribution in [0.5, 0.6) is 0 Å². The molecule has 3 heteroatoms. The molecule has 0 aromatic rings. The summed E-state index contributed by atoms with van der Waals surface area (Å²) in [5, 5.41) is 0. The highest BCUT2D eigenvalue weighted by molar-refractivity contribution is 5.77. The molecule has 12 heavy (non-hydrogen) atoms. The highest BCUT2D eigenvalue weighted by Crippen LogP contribution is 2.00. The number of carbonyl (C=O) groups excluding carboxylic acids is 1. The van der Waals surface area contributed by atoms with Crippen LogP contribution < -0.4 is 0 Å². The number of rotatable bonds is 2. The first kappa shape index (κ1) is 9.68. The SMILES string of the molecule is CC(=O)CN1CCCN(C)CC1. The lowest BCUT2D eigenvalue weighted by molar-refractivity contribution is -0.118. The first-order valence-electron chi connectivity index (χ1n) is 4.59. The van der Waals surface area contributed by atoms with Gasteiger partial charge in [-0.2, -0.15) is 0 Å². The van der Waals surface area contributed by atoms with Crippen LogP contribution >= 0.6 is 0 Å². The van der Waals surface area contributed by atoms with Gasteiger partial charge in [-0.15, -0.1) is 0 Å². The van der Waals surface area contributed by atoms with Crippen molar-refractivity contribution in [1.29, 1.82) is 0 Å². The summed E-state index contributed by atoms with van der Waals surface area (Å²) in [7, 11) is 2.14. The van der Waals surface area contributed by atoms with Gasteiger partial charge in [0.1, 0.15) is 5.78 Å². The minimum atomic E-state index is 0.277. The van der Waals surface area contributed by atoms with Gasteiger partial charge in [-0.3, -0.25) is 9.69 Å². The average molecular weight is 170 g/mol. The van der Waals surface area contributed by atoms with Gasteiger partial charge in [0, 0.05) is 13.1 Å². The van der Waals surface area contributed by atoms with Crippen molar-refractivity contribution in [3.05, 3.63) is 0 Å². The van der Waals surface area contributed by atoms with E-state index in [0.717, 1.165) is 26.2 Å². The van der Waals surface area contributed by atoms with Crippen molar-refractivity contribution in [3.8, 4) is 0 Å². The smallest absolute Gasteiger partial charge is 0.143 e. The molecule has 3 nitrogen and oxygen atoms in total. The second-order valence-corrected chi connectivity index (χ2v) is 3.63. The van der Waals surface area contributed by atoms with E-state index in [9.17, 15) is 4.79 Å². The summed E-state index contributed by atoms with van der Waals surface area (Å²) in [5.74, 6) is 0.277. The lowest BCUT2D eigenvalue weighted by atomic mass is 10.3. The van der Waals surface area contributed by atoms with Crippen molar-refractivity contribution >= 4 is 5.78 Å². The fraction of sp³-hybridized carbons (Fsp3) is 0.889. The molecule has 0 amide bonds. The third kappa shape index (κ3) is 3.32. The van der Waals surface area contributed by atoms with Crippen molar-refractivity contribution in [2.75, 3.05) is 39.8 Å². The normalized spacial score (nSPS) is 22.2. The van der Waals surface area contributed by atoms with E-state index >= 15 is 0 Å². The zero-order valence-corrected chi connectivity index (χ0v) is 8.05. The van der Waals surface area contributed by atoms with Crippen LogP contribution in [0.1, 0.15) is 13.3 Å². The molecule has 0 aromatic carbocycles. The fourth-order valence-corrected chi connectivity index (χ4v) is 1.57. The van der Waals surface area contributed by atoms with Gasteiger partial charge in [-0.25, -0.2) is 0 Å². The molecule has 0 spiro atoms. The monoisotopic (exact) mass is 170 g/mol. The maximum Gasteiger partial charge on any atom is 0.143 e. The molecule has 1 fully saturated rings. The molecule has 1 rings (SSSR count). The minimum Gasteiger partial charge on any atom is -0.305 e. The third-order valence-electron chi connectivity index (χ3n) is 2.26. The van der Waals surface area contributed by atoms with Gasteiger partial charge in [0.2, 0.25) is 0 Å². The summed E-state index contributed by atoms with van der Waals surface area (Å²) in [4.78, 5) is 15.4. The summed E-state index contributed by atoms with van der Waals surface area (Å²) in [5.41, 5.74) is 0. The van der Waals surface area contributed by atoms with Crippen LogP contribution in [0.2, 0.25) is 0 Å². The molecule has 70 valence electrons. The van der Waals surface area contributed by atoms with Crippen LogP contribution in [-0.2, 0) is 4.79 Å². The Hall–Kier alpha value is -0.410. The number of ketones is 1. The third-order valence-corrected chi connectivity index (χ3v) is 2.26. The van der Waals surface area contributed by atoms with E-state index < -0.39 is 0 Å². The topological polar surface area (TPSA) is 23.6 Å². The van der Waals surface area contributed by atoms with Crippen molar-refractivity contribution in [2.45, 2.75) is 13.3 Å². The first-order chi connectivity index (χ1) is 5.68. The van der Waals surface area contributed by atoms with Crippen molar-refractivity contribution in [2.24, 2.45) is 0 Å². The summed E-state index contributed by atoms with van der Waals surface area (Å²) in [6, 6.07) is 0. The lowest BCUT2D eigenvalue weighted by Crippen LogP contribution is -2.32. The Labute approximate surface area is 74.3 Å². The Bertz CT molecular complexity index is 159. The molecule has 0 atom stereocenters. The van der Waals surface area contributed by atoms with Gasteiger partial charge in [0.25, 0.3) is 0 Å². The Morgan fingerprint density at radius 1 is 1.25 bits per heavy atom. The zero-order valence-electron chi connectivity index (χ0n) is 8.05. The maximum atomic E-state index is 10.9. The molecule has 0 radical (unpaired) electrons. The second kappa shape index (κ2) is 4.58. The predicted molar refractivity (Wildman–Crippen MR) is 49.2 cm³/mol. The van der Waals surface area contributed by atoms with E-state index in [2.05, 4.69) is 16.8 Å². The van der Waals surface area contributed by atoms with Gasteiger partial charge in [-0.1, -0.05) is 0 Å². The molecular weight excluding hydrogens is 152 g/mol. The van der Waals surface area contributed by atoms with Crippen molar-refractivity contribution in [1.82, 2.24) is 9.80 Å². The Morgan fingerprint density at radius 2 is 2.00 bits per heavy atom. The van der Waals surface area contributed by atoms with Gasteiger partial charge >= 0.3 is 0 Å². The zero-order chi connectivity index (χ0) is 8.97. The number of hydrogen-bond donors (Lipinski definition) is 0. The Balaban J connectivity index is 2.30. The summed E-state index contributed by atoms with van der Waals surface area (Å²) in [6.07, 6.45) is 1.18. The van der Waals surface area contributed by atoms with Gasteiger partial charge in [0.15, 0.2) is 0 Å². The van der Waals surface area contributed by atoms with Crippen LogP contribution in [0.15, 0.2) is 0 Å². The van der Waals surface area contributed by atoms with Gasteiger partial charge in [-0.05, 0) is 33.5 Å². The van der Waals surface area contributed by atoms with E-state index in [4.69, 9.17) is 0 Å². The summed E-state index contributed by atoms with van der Waals surface area (Å²) in [6.45, 7) is 6.66. The highest BCUT2D eigenvalue weighted by atomic mass is 16.1. The van der Waals surface area contributed by atoms with Crippen molar-refractivity contribution < 1.29 is 4.79 Å². The van der Waals surface area contributed by atoms with Gasteiger partial charge < -0.3 is 4.90 Å². The number of hydrogen-bond acceptors (Lipinski definition) is 3. The van der Waals surface area contributed by atoms with E-state index in [0.29, 0.717) is 6.54 Å². The maximum absolute atomic E-state index is 10.9. The minimum absolute atomic E-state index is 0.277. The standard InChI is InChI=1S/C9H18N2O/c1-9(12)8-11-5-3-4-10(2)6-7-11/h3-8H2,1-2H3. The number of carbonyl (C=O) groups is 1. The van der Waals surface area contributed by atoms with E-state index in [1.54, 1.807) is 6.92 Å². The van der Waals surface area contributed by atoms with E-state index in [1.807, 2.05) is 0 Å². The lowest BCUT2D eigenvalue weighted by Gasteiger charge is -2.17. The molecule has 0 N–H and O–H groups in total. The van der Waals surface area contributed by atoms with Crippen LogP contribution in [0.3, 0.4) is 0 Å². The molecule has 1 aliphatic rings. The Kier molecular flexibility index (Phi) is 3.69. The predicted octanol–water partition coefficient (Wildman–Crippen LogP) is 0.213. The fourth-order valence-electron chi connectivity index (χ4n) is 1.57. The summed E-state index contributed by atoms with van der Waals surface area (Å²) < 4.78 is 0. The highest BCUT2D eigenvalue weighted by Gasteiger charge is 2.12. The number of likely N-dealkylation sites (N-methyl/N-ethyl adjacent to an activating group) is 1. The second-order valence-electron chi connectivity index (χ2n) is 3.63.